The fourth-order valence-corrected chi connectivity index (χ4v) is 4.14. The van der Waals surface area contributed by atoms with E-state index in [9.17, 15) is 4.79 Å². The Morgan fingerprint density at radius 1 is 1.12 bits per heavy atom. The molecule has 1 aliphatic rings. The number of aromatic nitrogens is 1. The van der Waals surface area contributed by atoms with Crippen molar-refractivity contribution < 1.29 is 14.3 Å². The van der Waals surface area contributed by atoms with Crippen molar-refractivity contribution >= 4 is 17.6 Å². The number of carbonyl (C=O) groups excluding carboxylic acids is 1. The molecule has 1 aliphatic heterocycles. The van der Waals surface area contributed by atoms with Gasteiger partial charge >= 0.3 is 0 Å². The van der Waals surface area contributed by atoms with Crippen molar-refractivity contribution in [2.24, 2.45) is 0 Å². The van der Waals surface area contributed by atoms with Crippen LogP contribution in [0.2, 0.25) is 0 Å². The number of aldehydes is 1. The average molecular weight is 339 g/mol. The number of aryl methyl sites for hydroxylation is 1. The van der Waals surface area contributed by atoms with Gasteiger partial charge < -0.3 is 14.0 Å². The molecule has 4 rings (SSSR count). The van der Waals surface area contributed by atoms with Crippen molar-refractivity contribution in [3.8, 4) is 33.2 Å². The third-order valence-corrected chi connectivity index (χ3v) is 5.41. The van der Waals surface area contributed by atoms with Crippen LogP contribution in [0.15, 0.2) is 35.7 Å². The first kappa shape index (κ1) is 15.0. The average Bonchev–Trinajstić information content (AvgIpc) is 3.27. The van der Waals surface area contributed by atoms with Gasteiger partial charge in [0.15, 0.2) is 17.8 Å². The van der Waals surface area contributed by atoms with Gasteiger partial charge in [0.05, 0.1) is 25.6 Å². The Hall–Kier alpha value is -2.53. The highest BCUT2D eigenvalue weighted by Gasteiger charge is 2.25. The molecule has 0 amide bonds. The SMILES string of the molecule is COc1cc2c(cc1OC)-c1c(-c3cccs3)cc(C=O)n1CC2. The van der Waals surface area contributed by atoms with E-state index in [1.54, 1.807) is 25.6 Å². The minimum Gasteiger partial charge on any atom is -0.493 e. The van der Waals surface area contributed by atoms with E-state index in [1.807, 2.05) is 24.3 Å². The lowest BCUT2D eigenvalue weighted by molar-refractivity contribution is 0.111. The fraction of sp³-hybridized carbons (Fsp3) is 0.211. The van der Waals surface area contributed by atoms with Crippen LogP contribution in [0.4, 0.5) is 0 Å². The highest BCUT2D eigenvalue weighted by molar-refractivity contribution is 7.13. The van der Waals surface area contributed by atoms with Crippen molar-refractivity contribution in [3.05, 3.63) is 47.0 Å². The van der Waals surface area contributed by atoms with Crippen LogP contribution in [0, 0.1) is 0 Å². The van der Waals surface area contributed by atoms with Crippen LogP contribution in [0.3, 0.4) is 0 Å². The number of carbonyl (C=O) groups is 1. The molecule has 122 valence electrons. The molecule has 3 aromatic rings. The molecule has 4 nitrogen and oxygen atoms in total. The molecule has 1 aromatic carbocycles. The zero-order chi connectivity index (χ0) is 16.7. The van der Waals surface area contributed by atoms with E-state index in [4.69, 9.17) is 9.47 Å². The van der Waals surface area contributed by atoms with Crippen LogP contribution in [0.1, 0.15) is 16.1 Å². The zero-order valence-electron chi connectivity index (χ0n) is 13.5. The molecule has 24 heavy (non-hydrogen) atoms. The van der Waals surface area contributed by atoms with Gasteiger partial charge in [0, 0.05) is 22.5 Å². The van der Waals surface area contributed by atoms with Crippen LogP contribution in [-0.2, 0) is 13.0 Å². The van der Waals surface area contributed by atoms with Gasteiger partial charge in [-0.1, -0.05) is 6.07 Å². The molecule has 2 aromatic heterocycles. The molecule has 0 spiro atoms. The summed E-state index contributed by atoms with van der Waals surface area (Å²) in [5, 5.41) is 2.05. The maximum atomic E-state index is 11.5. The highest BCUT2D eigenvalue weighted by Crippen LogP contribution is 2.44. The number of methoxy groups -OCH3 is 2. The Bertz CT molecular complexity index is 909. The highest BCUT2D eigenvalue weighted by atomic mass is 32.1. The van der Waals surface area contributed by atoms with Crippen molar-refractivity contribution in [3.63, 3.8) is 0 Å². The molecule has 5 heteroatoms. The molecular formula is C19H17NO3S. The summed E-state index contributed by atoms with van der Waals surface area (Å²) in [6.07, 6.45) is 1.80. The topological polar surface area (TPSA) is 40.5 Å². The van der Waals surface area contributed by atoms with Gasteiger partial charge in [-0.2, -0.15) is 0 Å². The summed E-state index contributed by atoms with van der Waals surface area (Å²) in [6, 6.07) is 10.2. The minimum atomic E-state index is 0.704. The lowest BCUT2D eigenvalue weighted by atomic mass is 9.95. The van der Waals surface area contributed by atoms with Gasteiger partial charge in [0.25, 0.3) is 0 Å². The summed E-state index contributed by atoms with van der Waals surface area (Å²) in [6.45, 7) is 0.789. The first-order valence-electron chi connectivity index (χ1n) is 7.74. The number of ether oxygens (including phenoxy) is 2. The Labute approximate surface area is 144 Å². The Morgan fingerprint density at radius 3 is 2.58 bits per heavy atom. The first-order valence-corrected chi connectivity index (χ1v) is 8.62. The van der Waals surface area contributed by atoms with Gasteiger partial charge in [-0.15, -0.1) is 11.3 Å². The Morgan fingerprint density at radius 2 is 1.92 bits per heavy atom. The summed E-state index contributed by atoms with van der Waals surface area (Å²) >= 11 is 1.68. The van der Waals surface area contributed by atoms with Crippen molar-refractivity contribution in [2.45, 2.75) is 13.0 Å². The molecule has 0 saturated heterocycles. The Balaban J connectivity index is 2.00. The Kier molecular flexibility index (Phi) is 3.65. The summed E-state index contributed by atoms with van der Waals surface area (Å²) in [5.41, 5.74) is 5.22. The fourth-order valence-electron chi connectivity index (χ4n) is 3.40. The van der Waals surface area contributed by atoms with Gasteiger partial charge in [-0.25, -0.2) is 0 Å². The van der Waals surface area contributed by atoms with Crippen molar-refractivity contribution in [1.82, 2.24) is 4.57 Å². The number of hydrogen-bond donors (Lipinski definition) is 0. The summed E-state index contributed by atoms with van der Waals surface area (Å²) in [4.78, 5) is 12.7. The summed E-state index contributed by atoms with van der Waals surface area (Å²) < 4.78 is 13.0. The second kappa shape index (κ2) is 5.83. The smallest absolute Gasteiger partial charge is 0.166 e. The van der Waals surface area contributed by atoms with Crippen molar-refractivity contribution in [2.75, 3.05) is 14.2 Å². The summed E-state index contributed by atoms with van der Waals surface area (Å²) in [7, 11) is 3.29. The number of rotatable bonds is 4. The maximum absolute atomic E-state index is 11.5. The maximum Gasteiger partial charge on any atom is 0.166 e. The molecule has 0 bridgehead atoms. The quantitative estimate of drug-likeness (QED) is 0.667. The van der Waals surface area contributed by atoms with E-state index in [0.717, 1.165) is 46.7 Å². The normalized spacial score (nSPS) is 12.4. The number of nitrogens with zero attached hydrogens (tertiary/aromatic N) is 1. The predicted molar refractivity (Wildman–Crippen MR) is 95.4 cm³/mol. The van der Waals surface area contributed by atoms with Gasteiger partial charge in [0.2, 0.25) is 0 Å². The van der Waals surface area contributed by atoms with E-state index in [0.29, 0.717) is 11.4 Å². The summed E-state index contributed by atoms with van der Waals surface area (Å²) in [5.74, 6) is 1.44. The molecule has 0 fully saturated rings. The molecule has 0 atom stereocenters. The van der Waals surface area contributed by atoms with Gasteiger partial charge in [-0.05, 0) is 41.6 Å². The number of thiophene rings is 1. The van der Waals surface area contributed by atoms with E-state index in [-0.39, 0.29) is 0 Å². The number of hydrogen-bond acceptors (Lipinski definition) is 4. The minimum absolute atomic E-state index is 0.704. The third kappa shape index (κ3) is 2.16. The molecular weight excluding hydrogens is 322 g/mol. The van der Waals surface area contributed by atoms with E-state index in [1.165, 1.54) is 5.56 Å². The molecule has 3 heterocycles. The standard InChI is InChI=1S/C19H17NO3S/c1-22-16-8-12-5-6-20-13(11-21)9-15(18-4-3-7-24-18)19(20)14(12)10-17(16)23-2/h3-4,7-11H,5-6H2,1-2H3. The third-order valence-electron chi connectivity index (χ3n) is 4.51. The van der Waals surface area contributed by atoms with E-state index < -0.39 is 0 Å². The molecule has 0 aliphatic carbocycles. The second-order valence-electron chi connectivity index (χ2n) is 5.69. The van der Waals surface area contributed by atoms with Crippen LogP contribution in [0.25, 0.3) is 21.7 Å². The molecule has 0 radical (unpaired) electrons. The number of benzene rings is 1. The van der Waals surface area contributed by atoms with E-state index >= 15 is 0 Å². The number of fused-ring (bicyclic) bond motifs is 3. The van der Waals surface area contributed by atoms with Crippen LogP contribution in [-0.4, -0.2) is 25.1 Å². The molecule has 0 unspecified atom stereocenters. The van der Waals surface area contributed by atoms with Crippen LogP contribution in [0.5, 0.6) is 11.5 Å². The lowest BCUT2D eigenvalue weighted by Gasteiger charge is -2.23. The largest absolute Gasteiger partial charge is 0.493 e. The van der Waals surface area contributed by atoms with Gasteiger partial charge in [0.1, 0.15) is 0 Å². The first-order chi connectivity index (χ1) is 11.8. The predicted octanol–water partition coefficient (Wildman–Crippen LogP) is 4.27. The molecule has 0 saturated carbocycles. The van der Waals surface area contributed by atoms with Gasteiger partial charge in [-0.3, -0.25) is 4.79 Å². The van der Waals surface area contributed by atoms with Crippen LogP contribution < -0.4 is 9.47 Å². The lowest BCUT2D eigenvalue weighted by Crippen LogP contribution is -2.13. The molecule has 0 N–H and O–H groups in total. The van der Waals surface area contributed by atoms with Crippen LogP contribution >= 0.6 is 11.3 Å². The van der Waals surface area contributed by atoms with Crippen molar-refractivity contribution in [1.29, 1.82) is 0 Å². The van der Waals surface area contributed by atoms with E-state index in [2.05, 4.69) is 16.0 Å². The zero-order valence-corrected chi connectivity index (χ0v) is 14.4. The second-order valence-corrected chi connectivity index (χ2v) is 6.64. The monoisotopic (exact) mass is 339 g/mol.